The highest BCUT2D eigenvalue weighted by Gasteiger charge is 2.32. The third kappa shape index (κ3) is 4.94. The minimum Gasteiger partial charge on any atom is -0.465 e. The van der Waals surface area contributed by atoms with Crippen LogP contribution in [0.1, 0.15) is 34.7 Å². The van der Waals surface area contributed by atoms with Gasteiger partial charge in [0, 0.05) is 23.5 Å². The van der Waals surface area contributed by atoms with E-state index in [2.05, 4.69) is 23.0 Å². The second-order valence-electron chi connectivity index (χ2n) is 6.64. The number of aromatic nitrogens is 3. The number of aryl methyl sites for hydroxylation is 3. The van der Waals surface area contributed by atoms with Crippen LogP contribution in [-0.4, -0.2) is 38.6 Å². The van der Waals surface area contributed by atoms with Gasteiger partial charge in [-0.15, -0.1) is 11.3 Å². The zero-order chi connectivity index (χ0) is 21.0. The van der Waals surface area contributed by atoms with Gasteiger partial charge in [0.05, 0.1) is 18.0 Å². The van der Waals surface area contributed by atoms with E-state index in [1.807, 2.05) is 42.1 Å². The van der Waals surface area contributed by atoms with E-state index in [0.717, 1.165) is 16.9 Å². The number of thioether (sulfide) groups is 1. The Balaban J connectivity index is 1.79. The van der Waals surface area contributed by atoms with E-state index in [4.69, 9.17) is 4.74 Å². The van der Waals surface area contributed by atoms with Gasteiger partial charge in [-0.25, -0.2) is 9.97 Å². The van der Waals surface area contributed by atoms with Gasteiger partial charge in [0.2, 0.25) is 0 Å². The number of hydrogen-bond donors (Lipinski definition) is 0. The van der Waals surface area contributed by atoms with Gasteiger partial charge in [0.1, 0.15) is 5.01 Å². The number of ketones is 1. The Morgan fingerprint density at radius 2 is 2.07 bits per heavy atom. The lowest BCUT2D eigenvalue weighted by Gasteiger charge is -2.13. The predicted molar refractivity (Wildman–Crippen MR) is 115 cm³/mol. The molecular weight excluding hydrogens is 406 g/mol. The molecule has 1 aromatic carbocycles. The van der Waals surface area contributed by atoms with Gasteiger partial charge in [-0.3, -0.25) is 14.2 Å². The van der Waals surface area contributed by atoms with Gasteiger partial charge in [-0.1, -0.05) is 29.5 Å². The van der Waals surface area contributed by atoms with Crippen molar-refractivity contribution in [3.63, 3.8) is 0 Å². The molecule has 6 nitrogen and oxygen atoms in total. The fraction of sp³-hybridized carbons (Fsp3) is 0.333. The van der Waals surface area contributed by atoms with Gasteiger partial charge in [0.15, 0.2) is 16.9 Å². The number of carbonyl (C=O) groups excluding carboxylic acids is 2. The highest BCUT2D eigenvalue weighted by atomic mass is 32.2. The van der Waals surface area contributed by atoms with Gasteiger partial charge in [0.25, 0.3) is 0 Å². The molecule has 0 aliphatic rings. The molecule has 0 unspecified atom stereocenters. The fourth-order valence-corrected chi connectivity index (χ4v) is 4.75. The largest absolute Gasteiger partial charge is 0.465 e. The van der Waals surface area contributed by atoms with E-state index in [1.165, 1.54) is 28.7 Å². The summed E-state index contributed by atoms with van der Waals surface area (Å²) in [6, 6.07) is 6.19. The Morgan fingerprint density at radius 3 is 2.72 bits per heavy atom. The normalized spacial score (nSPS) is 12.0. The van der Waals surface area contributed by atoms with E-state index in [1.54, 1.807) is 13.1 Å². The maximum atomic E-state index is 12.9. The summed E-state index contributed by atoms with van der Waals surface area (Å²) in [6.45, 7) is 7.87. The number of esters is 1. The first kappa shape index (κ1) is 21.3. The van der Waals surface area contributed by atoms with Crippen molar-refractivity contribution in [2.45, 2.75) is 38.8 Å². The molecular formula is C21H23N3O3S2. The van der Waals surface area contributed by atoms with Crippen LogP contribution in [0.2, 0.25) is 0 Å². The first-order valence-electron chi connectivity index (χ1n) is 9.25. The average Bonchev–Trinajstić information content (AvgIpc) is 3.29. The van der Waals surface area contributed by atoms with E-state index >= 15 is 0 Å². The summed E-state index contributed by atoms with van der Waals surface area (Å²) in [5, 5.41) is 3.00. The van der Waals surface area contributed by atoms with E-state index in [9.17, 15) is 9.59 Å². The van der Waals surface area contributed by atoms with Crippen molar-refractivity contribution in [3.8, 4) is 5.69 Å². The summed E-state index contributed by atoms with van der Waals surface area (Å²) >= 11 is 2.61. The molecule has 152 valence electrons. The van der Waals surface area contributed by atoms with Crippen molar-refractivity contribution >= 4 is 34.9 Å². The molecule has 0 saturated carbocycles. The van der Waals surface area contributed by atoms with Crippen LogP contribution in [0.15, 0.2) is 41.1 Å². The second-order valence-corrected chi connectivity index (χ2v) is 8.47. The zero-order valence-corrected chi connectivity index (χ0v) is 18.5. The molecule has 0 fully saturated rings. The number of rotatable bonds is 8. The smallest absolute Gasteiger partial charge is 0.323 e. The number of imidazole rings is 1. The van der Waals surface area contributed by atoms with Gasteiger partial charge in [-0.05, 0) is 39.3 Å². The van der Waals surface area contributed by atoms with Crippen LogP contribution in [-0.2, 0) is 14.3 Å². The van der Waals surface area contributed by atoms with E-state index in [-0.39, 0.29) is 18.1 Å². The van der Waals surface area contributed by atoms with Crippen LogP contribution in [0.3, 0.4) is 0 Å². The Labute approximate surface area is 178 Å². The Hall–Kier alpha value is -2.45. The lowest BCUT2D eigenvalue weighted by Crippen LogP contribution is -2.25. The number of ether oxygens (including phenoxy) is 1. The third-order valence-electron chi connectivity index (χ3n) is 4.29. The van der Waals surface area contributed by atoms with Crippen LogP contribution in [0.25, 0.3) is 5.69 Å². The molecule has 2 heterocycles. The van der Waals surface area contributed by atoms with Gasteiger partial charge in [-0.2, -0.15) is 0 Å². The topological polar surface area (TPSA) is 74.1 Å². The molecule has 0 aliphatic heterocycles. The highest BCUT2D eigenvalue weighted by molar-refractivity contribution is 7.99. The summed E-state index contributed by atoms with van der Waals surface area (Å²) in [5.74, 6) is -1.68. The predicted octanol–water partition coefficient (Wildman–Crippen LogP) is 4.26. The second kappa shape index (κ2) is 9.37. The van der Waals surface area contributed by atoms with Gasteiger partial charge < -0.3 is 4.74 Å². The van der Waals surface area contributed by atoms with Crippen LogP contribution in [0.4, 0.5) is 0 Å². The summed E-state index contributed by atoms with van der Waals surface area (Å²) in [6.07, 6.45) is 3.58. The summed E-state index contributed by atoms with van der Waals surface area (Å²) < 4.78 is 7.08. The molecule has 0 radical (unpaired) electrons. The van der Waals surface area contributed by atoms with E-state index in [0.29, 0.717) is 10.2 Å². The molecule has 8 heteroatoms. The molecule has 0 bridgehead atoms. The minimum absolute atomic E-state index is 0.101. The zero-order valence-electron chi connectivity index (χ0n) is 16.8. The summed E-state index contributed by atoms with van der Waals surface area (Å²) in [4.78, 5) is 34.1. The van der Waals surface area contributed by atoms with Crippen LogP contribution < -0.4 is 0 Å². The highest BCUT2D eigenvalue weighted by Crippen LogP contribution is 2.28. The molecule has 0 N–H and O–H groups in total. The first-order chi connectivity index (χ1) is 13.9. The number of Topliss-reactive ketones (excluding diaryl/α,β-unsaturated/α-hetero) is 1. The number of carbonyl (C=O) groups is 2. The summed E-state index contributed by atoms with van der Waals surface area (Å²) in [7, 11) is 0. The van der Waals surface area contributed by atoms with Crippen LogP contribution in [0.5, 0.6) is 0 Å². The van der Waals surface area contributed by atoms with Crippen molar-refractivity contribution in [1.29, 1.82) is 0 Å². The van der Waals surface area contributed by atoms with Crippen molar-refractivity contribution in [2.75, 3.05) is 12.4 Å². The summed E-state index contributed by atoms with van der Waals surface area (Å²) in [5.41, 5.74) is 4.11. The first-order valence-corrected chi connectivity index (χ1v) is 11.1. The minimum atomic E-state index is -0.995. The Bertz CT molecular complexity index is 1030. The van der Waals surface area contributed by atoms with Crippen LogP contribution >= 0.6 is 23.1 Å². The molecule has 0 saturated heterocycles. The fourth-order valence-electron chi connectivity index (χ4n) is 2.97. The Morgan fingerprint density at radius 1 is 1.28 bits per heavy atom. The maximum Gasteiger partial charge on any atom is 0.323 e. The molecule has 3 aromatic rings. The number of nitrogens with zero attached hydrogens (tertiary/aromatic N) is 3. The quantitative estimate of drug-likeness (QED) is 0.303. The number of hydrogen-bond acceptors (Lipinski definition) is 7. The number of thiazole rings is 1. The standard InChI is InChI=1S/C21H23N3O3S2/c1-5-27-20(26)18(19-23-15(4)11-28-19)17(25)12-29-21-22-8-9-24(21)16-7-6-13(2)10-14(16)3/h6-11,18H,5,12H2,1-4H3/t18-/m0/s1. The molecule has 3 rings (SSSR count). The third-order valence-corrected chi connectivity index (χ3v) is 6.31. The van der Waals surface area contributed by atoms with Crippen LogP contribution in [0, 0.1) is 20.8 Å². The van der Waals surface area contributed by atoms with Gasteiger partial charge >= 0.3 is 5.97 Å². The lowest BCUT2D eigenvalue weighted by molar-refractivity contribution is -0.147. The lowest BCUT2D eigenvalue weighted by atomic mass is 10.1. The Kier molecular flexibility index (Phi) is 6.87. The maximum absolute atomic E-state index is 12.9. The molecule has 1 atom stereocenters. The molecule has 29 heavy (non-hydrogen) atoms. The van der Waals surface area contributed by atoms with Crippen molar-refractivity contribution in [3.05, 3.63) is 57.8 Å². The molecule has 0 spiro atoms. The van der Waals surface area contributed by atoms with Crippen molar-refractivity contribution < 1.29 is 14.3 Å². The van der Waals surface area contributed by atoms with Crippen molar-refractivity contribution in [2.24, 2.45) is 0 Å². The molecule has 0 amide bonds. The molecule has 0 aliphatic carbocycles. The monoisotopic (exact) mass is 429 g/mol. The van der Waals surface area contributed by atoms with Crippen molar-refractivity contribution in [1.82, 2.24) is 14.5 Å². The average molecular weight is 430 g/mol. The SMILES string of the molecule is CCOC(=O)[C@@H](C(=O)CSc1nccn1-c1ccc(C)cc1C)c1nc(C)cs1. The number of benzene rings is 1. The van der Waals surface area contributed by atoms with E-state index < -0.39 is 11.9 Å². The molecule has 2 aromatic heterocycles.